The predicted octanol–water partition coefficient (Wildman–Crippen LogP) is 3.11. The van der Waals surface area contributed by atoms with Gasteiger partial charge in [-0.2, -0.15) is 0 Å². The van der Waals surface area contributed by atoms with E-state index in [0.29, 0.717) is 5.41 Å². The molecule has 0 amide bonds. The molecule has 0 saturated heterocycles. The van der Waals surface area contributed by atoms with Crippen LogP contribution in [0.25, 0.3) is 11.2 Å². The van der Waals surface area contributed by atoms with E-state index in [1.807, 2.05) is 19.1 Å². The number of carboxylic acid groups (broad SMARTS) is 1. The van der Waals surface area contributed by atoms with Crippen LogP contribution in [0.5, 0.6) is 0 Å². The number of rotatable bonds is 6. The lowest BCUT2D eigenvalue weighted by atomic mass is 10.0. The Morgan fingerprint density at radius 3 is 2.81 bits per heavy atom. The van der Waals surface area contributed by atoms with Crippen LogP contribution in [0.15, 0.2) is 17.3 Å². The topological polar surface area (TPSA) is 68.0 Å². The molecule has 1 saturated carbocycles. The molecule has 21 heavy (non-hydrogen) atoms. The maximum atomic E-state index is 10.8. The first-order valence-corrected chi connectivity index (χ1v) is 8.20. The Hall–Kier alpha value is -1.56. The highest BCUT2D eigenvalue weighted by atomic mass is 32.2. The third-order valence-electron chi connectivity index (χ3n) is 4.22. The van der Waals surface area contributed by atoms with Crippen molar-refractivity contribution in [2.24, 2.45) is 5.41 Å². The Balaban J connectivity index is 2.01. The van der Waals surface area contributed by atoms with Gasteiger partial charge in [0.15, 0.2) is 10.8 Å². The van der Waals surface area contributed by atoms with Crippen LogP contribution >= 0.6 is 11.8 Å². The average Bonchev–Trinajstić information content (AvgIpc) is 3.15. The number of aryl methyl sites for hydroxylation is 1. The summed E-state index contributed by atoms with van der Waals surface area (Å²) in [5, 5.41) is 9.67. The summed E-state index contributed by atoms with van der Waals surface area (Å²) in [4.78, 5) is 20.0. The minimum absolute atomic E-state index is 0.0292. The quantitative estimate of drug-likeness (QED) is 0.831. The number of carboxylic acids is 1. The molecule has 0 aliphatic heterocycles. The number of nitrogens with zero attached hydrogens (tertiary/aromatic N) is 3. The van der Waals surface area contributed by atoms with Crippen molar-refractivity contribution < 1.29 is 9.90 Å². The van der Waals surface area contributed by atoms with Gasteiger partial charge in [0.2, 0.25) is 0 Å². The Bertz CT molecular complexity index is 692. The number of hydrogen-bond donors (Lipinski definition) is 1. The maximum absolute atomic E-state index is 10.8. The van der Waals surface area contributed by atoms with E-state index < -0.39 is 5.97 Å². The van der Waals surface area contributed by atoms with Crippen molar-refractivity contribution in [3.8, 4) is 0 Å². The van der Waals surface area contributed by atoms with E-state index in [9.17, 15) is 4.79 Å². The van der Waals surface area contributed by atoms with Crippen LogP contribution in [0.1, 0.15) is 31.9 Å². The molecule has 1 aliphatic carbocycles. The predicted molar refractivity (Wildman–Crippen MR) is 82.6 cm³/mol. The minimum atomic E-state index is -0.820. The highest BCUT2D eigenvalue weighted by molar-refractivity contribution is 7.99. The third-order valence-corrected chi connectivity index (χ3v) is 5.18. The van der Waals surface area contributed by atoms with Gasteiger partial charge in [0.25, 0.3) is 0 Å². The molecule has 6 heteroatoms. The van der Waals surface area contributed by atoms with Gasteiger partial charge in [0.05, 0.1) is 5.75 Å². The molecule has 2 heterocycles. The first-order chi connectivity index (χ1) is 10.0. The Morgan fingerprint density at radius 1 is 1.43 bits per heavy atom. The van der Waals surface area contributed by atoms with E-state index >= 15 is 0 Å². The van der Waals surface area contributed by atoms with Gasteiger partial charge in [-0.3, -0.25) is 4.79 Å². The Morgan fingerprint density at radius 2 is 2.19 bits per heavy atom. The van der Waals surface area contributed by atoms with Crippen LogP contribution in [-0.4, -0.2) is 31.4 Å². The summed E-state index contributed by atoms with van der Waals surface area (Å²) in [7, 11) is 0. The summed E-state index contributed by atoms with van der Waals surface area (Å²) < 4.78 is 2.12. The van der Waals surface area contributed by atoms with E-state index in [0.717, 1.165) is 35.0 Å². The molecule has 2 aromatic heterocycles. The monoisotopic (exact) mass is 305 g/mol. The van der Waals surface area contributed by atoms with Crippen molar-refractivity contribution in [1.29, 1.82) is 0 Å². The molecular weight excluding hydrogens is 286 g/mol. The van der Waals surface area contributed by atoms with Crippen molar-refractivity contribution in [3.63, 3.8) is 0 Å². The van der Waals surface area contributed by atoms with Crippen molar-refractivity contribution >= 4 is 28.9 Å². The van der Waals surface area contributed by atoms with E-state index in [-0.39, 0.29) is 5.75 Å². The van der Waals surface area contributed by atoms with Crippen molar-refractivity contribution in [3.05, 3.63) is 17.8 Å². The van der Waals surface area contributed by atoms with Crippen LogP contribution in [0, 0.1) is 12.3 Å². The van der Waals surface area contributed by atoms with Gasteiger partial charge in [0, 0.05) is 12.2 Å². The molecule has 1 fully saturated rings. The molecule has 0 radical (unpaired) electrons. The zero-order valence-electron chi connectivity index (χ0n) is 12.3. The number of fused-ring (bicyclic) bond motifs is 1. The van der Waals surface area contributed by atoms with Crippen LogP contribution in [0.2, 0.25) is 0 Å². The number of aromatic nitrogens is 3. The molecule has 0 aromatic carbocycles. The zero-order valence-corrected chi connectivity index (χ0v) is 13.1. The van der Waals surface area contributed by atoms with Crippen LogP contribution in [0.3, 0.4) is 0 Å². The Kier molecular flexibility index (Phi) is 3.65. The Labute approximate surface area is 127 Å². The summed E-state index contributed by atoms with van der Waals surface area (Å²) in [5.74, 6) is -0.791. The molecule has 0 atom stereocenters. The smallest absolute Gasteiger partial charge is 0.313 e. The van der Waals surface area contributed by atoms with Gasteiger partial charge in [-0.05, 0) is 43.7 Å². The first-order valence-electron chi connectivity index (χ1n) is 7.21. The minimum Gasteiger partial charge on any atom is -0.481 e. The largest absolute Gasteiger partial charge is 0.481 e. The van der Waals surface area contributed by atoms with Gasteiger partial charge < -0.3 is 9.67 Å². The van der Waals surface area contributed by atoms with Crippen LogP contribution in [0.4, 0.5) is 0 Å². The summed E-state index contributed by atoms with van der Waals surface area (Å²) in [6.45, 7) is 5.07. The average molecular weight is 305 g/mol. The second-order valence-corrected chi connectivity index (χ2v) is 6.75. The standard InChI is InChI=1S/C15H19N3O2S/c1-3-15(6-7-15)9-18-13-11(5-4-10(2)16-13)17-14(18)21-8-12(19)20/h4-5H,3,6-9H2,1-2H3,(H,19,20). The normalized spacial score (nSPS) is 16.3. The molecule has 2 aromatic rings. The second kappa shape index (κ2) is 5.33. The summed E-state index contributed by atoms with van der Waals surface area (Å²) in [6, 6.07) is 3.91. The van der Waals surface area contributed by atoms with Gasteiger partial charge in [-0.1, -0.05) is 18.7 Å². The van der Waals surface area contributed by atoms with Gasteiger partial charge in [-0.15, -0.1) is 0 Å². The molecule has 3 rings (SSSR count). The van der Waals surface area contributed by atoms with E-state index in [1.54, 1.807) is 0 Å². The van der Waals surface area contributed by atoms with Crippen LogP contribution < -0.4 is 0 Å². The molecule has 112 valence electrons. The van der Waals surface area contributed by atoms with E-state index in [2.05, 4.69) is 21.5 Å². The lowest BCUT2D eigenvalue weighted by molar-refractivity contribution is -0.133. The van der Waals surface area contributed by atoms with Crippen molar-refractivity contribution in [2.45, 2.75) is 44.8 Å². The molecule has 1 aliphatic rings. The number of pyridine rings is 1. The molecular formula is C15H19N3O2S. The number of aliphatic carboxylic acids is 1. The van der Waals surface area contributed by atoms with Gasteiger partial charge in [0.1, 0.15) is 5.52 Å². The van der Waals surface area contributed by atoms with Gasteiger partial charge in [-0.25, -0.2) is 9.97 Å². The lowest BCUT2D eigenvalue weighted by Gasteiger charge is -2.15. The third kappa shape index (κ3) is 2.90. The SMILES string of the molecule is CCC1(Cn2c(SCC(=O)O)nc3ccc(C)nc32)CC1. The molecule has 0 unspecified atom stereocenters. The highest BCUT2D eigenvalue weighted by Crippen LogP contribution is 2.50. The van der Waals surface area contributed by atoms with Crippen LogP contribution in [-0.2, 0) is 11.3 Å². The number of carbonyl (C=O) groups is 1. The number of thioether (sulfide) groups is 1. The maximum Gasteiger partial charge on any atom is 0.313 e. The number of hydrogen-bond acceptors (Lipinski definition) is 4. The van der Waals surface area contributed by atoms with Crippen molar-refractivity contribution in [1.82, 2.24) is 14.5 Å². The summed E-state index contributed by atoms with van der Waals surface area (Å²) >= 11 is 1.28. The van der Waals surface area contributed by atoms with E-state index in [1.165, 1.54) is 24.6 Å². The summed E-state index contributed by atoms with van der Waals surface area (Å²) in [6.07, 6.45) is 3.61. The lowest BCUT2D eigenvalue weighted by Crippen LogP contribution is -2.13. The fourth-order valence-corrected chi connectivity index (χ4v) is 3.31. The first kappa shape index (κ1) is 14.4. The van der Waals surface area contributed by atoms with Crippen molar-refractivity contribution in [2.75, 3.05) is 5.75 Å². The number of imidazole rings is 1. The highest BCUT2D eigenvalue weighted by Gasteiger charge is 2.41. The van der Waals surface area contributed by atoms with E-state index in [4.69, 9.17) is 5.11 Å². The second-order valence-electron chi connectivity index (χ2n) is 5.81. The molecule has 0 spiro atoms. The molecule has 0 bridgehead atoms. The summed E-state index contributed by atoms with van der Waals surface area (Å²) in [5.41, 5.74) is 3.04. The fraction of sp³-hybridized carbons (Fsp3) is 0.533. The fourth-order valence-electron chi connectivity index (χ4n) is 2.59. The molecule has 1 N–H and O–H groups in total. The van der Waals surface area contributed by atoms with Gasteiger partial charge >= 0.3 is 5.97 Å². The zero-order chi connectivity index (χ0) is 15.0. The molecule has 5 nitrogen and oxygen atoms in total.